The van der Waals surface area contributed by atoms with E-state index in [1.165, 1.54) is 7.11 Å². The SMILES string of the molecule is COc1cc(C(=O)N2C[C@H]3CC[C@@H]2CN(C(=O)c2ccccn2)C3)ccn1. The van der Waals surface area contributed by atoms with E-state index >= 15 is 0 Å². The van der Waals surface area contributed by atoms with E-state index in [0.717, 1.165) is 12.8 Å². The number of nitrogens with zero attached hydrogens (tertiary/aromatic N) is 4. The predicted octanol–water partition coefficient (Wildman–Crippen LogP) is 1.86. The molecule has 3 fully saturated rings. The van der Waals surface area contributed by atoms with Gasteiger partial charge in [0, 0.05) is 49.7 Å². The number of carbonyl (C=O) groups is 2. The van der Waals surface area contributed by atoms with Gasteiger partial charge >= 0.3 is 0 Å². The van der Waals surface area contributed by atoms with Gasteiger partial charge in [0.25, 0.3) is 11.8 Å². The number of piperidine rings is 1. The number of hydrogen-bond acceptors (Lipinski definition) is 5. The second-order valence-electron chi connectivity index (χ2n) is 7.07. The lowest BCUT2D eigenvalue weighted by Gasteiger charge is -2.36. The molecule has 0 unspecified atom stereocenters. The molecule has 2 amide bonds. The summed E-state index contributed by atoms with van der Waals surface area (Å²) >= 11 is 0. The smallest absolute Gasteiger partial charge is 0.272 e. The molecule has 2 bridgehead atoms. The zero-order valence-electron chi connectivity index (χ0n) is 15.2. The molecule has 2 aromatic rings. The van der Waals surface area contributed by atoms with Gasteiger partial charge in [-0.1, -0.05) is 6.07 Å². The molecule has 140 valence electrons. The molecule has 0 spiro atoms. The quantitative estimate of drug-likeness (QED) is 0.829. The molecule has 3 saturated heterocycles. The van der Waals surface area contributed by atoms with Crippen LogP contribution in [0.25, 0.3) is 0 Å². The average molecular weight is 366 g/mol. The highest BCUT2D eigenvalue weighted by atomic mass is 16.5. The van der Waals surface area contributed by atoms with Gasteiger partial charge in [-0.15, -0.1) is 0 Å². The van der Waals surface area contributed by atoms with Crippen molar-refractivity contribution in [1.29, 1.82) is 0 Å². The number of pyridine rings is 2. The summed E-state index contributed by atoms with van der Waals surface area (Å²) < 4.78 is 5.13. The van der Waals surface area contributed by atoms with Crippen molar-refractivity contribution >= 4 is 11.8 Å². The first-order chi connectivity index (χ1) is 13.2. The molecule has 0 aromatic carbocycles. The molecular weight excluding hydrogens is 344 g/mol. The van der Waals surface area contributed by atoms with Crippen LogP contribution >= 0.6 is 0 Å². The van der Waals surface area contributed by atoms with Gasteiger partial charge < -0.3 is 14.5 Å². The predicted molar refractivity (Wildman–Crippen MR) is 98.5 cm³/mol. The van der Waals surface area contributed by atoms with E-state index < -0.39 is 0 Å². The number of aromatic nitrogens is 2. The highest BCUT2D eigenvalue weighted by molar-refractivity contribution is 5.95. The highest BCUT2D eigenvalue weighted by Gasteiger charge is 2.39. The largest absolute Gasteiger partial charge is 0.481 e. The first-order valence-corrected chi connectivity index (χ1v) is 9.17. The topological polar surface area (TPSA) is 75.6 Å². The van der Waals surface area contributed by atoms with Crippen LogP contribution in [0.15, 0.2) is 42.7 Å². The van der Waals surface area contributed by atoms with Gasteiger partial charge in [-0.05, 0) is 37.0 Å². The fourth-order valence-corrected chi connectivity index (χ4v) is 3.97. The van der Waals surface area contributed by atoms with Gasteiger partial charge in [0.15, 0.2) is 0 Å². The molecule has 3 aliphatic heterocycles. The maximum absolute atomic E-state index is 13.1. The Morgan fingerprint density at radius 2 is 1.93 bits per heavy atom. The Bertz CT molecular complexity index is 842. The monoisotopic (exact) mass is 366 g/mol. The second-order valence-corrected chi connectivity index (χ2v) is 7.07. The summed E-state index contributed by atoms with van der Waals surface area (Å²) in [6, 6.07) is 8.74. The summed E-state index contributed by atoms with van der Waals surface area (Å²) in [6.07, 6.45) is 5.15. The first-order valence-electron chi connectivity index (χ1n) is 9.17. The van der Waals surface area contributed by atoms with E-state index in [2.05, 4.69) is 9.97 Å². The van der Waals surface area contributed by atoms with Crippen LogP contribution in [0.2, 0.25) is 0 Å². The van der Waals surface area contributed by atoms with Gasteiger partial charge in [-0.3, -0.25) is 14.6 Å². The first kappa shape index (κ1) is 17.5. The van der Waals surface area contributed by atoms with Crippen LogP contribution in [-0.2, 0) is 0 Å². The number of fused-ring (bicyclic) bond motifs is 4. The van der Waals surface area contributed by atoms with Crippen molar-refractivity contribution in [2.45, 2.75) is 18.9 Å². The van der Waals surface area contributed by atoms with Crippen molar-refractivity contribution in [2.75, 3.05) is 26.7 Å². The lowest BCUT2D eigenvalue weighted by molar-refractivity contribution is 0.0573. The summed E-state index contributed by atoms with van der Waals surface area (Å²) in [5.41, 5.74) is 1.02. The van der Waals surface area contributed by atoms with Crippen molar-refractivity contribution in [1.82, 2.24) is 19.8 Å². The third-order valence-electron chi connectivity index (χ3n) is 5.34. The van der Waals surface area contributed by atoms with Crippen molar-refractivity contribution in [3.8, 4) is 5.88 Å². The minimum absolute atomic E-state index is 0.0167. The molecule has 0 N–H and O–H groups in total. The van der Waals surface area contributed by atoms with Crippen molar-refractivity contribution < 1.29 is 14.3 Å². The van der Waals surface area contributed by atoms with Crippen molar-refractivity contribution in [2.24, 2.45) is 5.92 Å². The Morgan fingerprint density at radius 1 is 1.04 bits per heavy atom. The summed E-state index contributed by atoms with van der Waals surface area (Å²) in [6.45, 7) is 1.87. The van der Waals surface area contributed by atoms with Gasteiger partial charge in [-0.2, -0.15) is 0 Å². The van der Waals surface area contributed by atoms with E-state index in [1.54, 1.807) is 36.7 Å². The van der Waals surface area contributed by atoms with Crippen LogP contribution in [0, 0.1) is 5.92 Å². The number of amides is 2. The molecule has 2 aromatic heterocycles. The zero-order chi connectivity index (χ0) is 18.8. The minimum atomic E-state index is -0.0626. The maximum atomic E-state index is 13.1. The Morgan fingerprint density at radius 3 is 2.70 bits per heavy atom. The van der Waals surface area contributed by atoms with E-state index in [4.69, 9.17) is 4.74 Å². The Hall–Kier alpha value is -2.96. The number of ether oxygens (including phenoxy) is 1. The fraction of sp³-hybridized carbons (Fsp3) is 0.400. The van der Waals surface area contributed by atoms with E-state index in [9.17, 15) is 9.59 Å². The molecular formula is C20H22N4O3. The third kappa shape index (κ3) is 3.49. The summed E-state index contributed by atoms with van der Waals surface area (Å²) in [5.74, 6) is 0.613. The van der Waals surface area contributed by atoms with Gasteiger partial charge in [0.2, 0.25) is 5.88 Å². The number of carbonyl (C=O) groups excluding carboxylic acids is 2. The van der Waals surface area contributed by atoms with E-state index in [0.29, 0.717) is 36.8 Å². The van der Waals surface area contributed by atoms with Crippen LogP contribution in [0.3, 0.4) is 0 Å². The second kappa shape index (κ2) is 7.34. The van der Waals surface area contributed by atoms with Crippen molar-refractivity contribution in [3.05, 3.63) is 54.0 Å². The fourth-order valence-electron chi connectivity index (χ4n) is 3.97. The van der Waals surface area contributed by atoms with Crippen LogP contribution in [0.1, 0.15) is 33.7 Å². The molecule has 3 aliphatic rings. The molecule has 27 heavy (non-hydrogen) atoms. The zero-order valence-corrected chi connectivity index (χ0v) is 15.2. The molecule has 0 aliphatic carbocycles. The third-order valence-corrected chi connectivity index (χ3v) is 5.34. The summed E-state index contributed by atoms with van der Waals surface area (Å²) in [7, 11) is 1.53. The van der Waals surface area contributed by atoms with Crippen LogP contribution in [-0.4, -0.2) is 64.4 Å². The lowest BCUT2D eigenvalue weighted by Crippen LogP contribution is -2.47. The summed E-state index contributed by atoms with van der Waals surface area (Å²) in [5, 5.41) is 0. The van der Waals surface area contributed by atoms with E-state index in [1.807, 2.05) is 15.9 Å². The molecule has 7 heteroatoms. The standard InChI is InChI=1S/C20H22N4O3/c1-27-18-10-15(7-9-22-18)19(25)24-12-14-5-6-16(24)13-23(11-14)20(26)17-4-2-3-8-21-17/h2-4,7-10,14,16H,5-6,11-13H2,1H3/t14-,16+/m0/s1. The Labute approximate surface area is 158 Å². The molecule has 5 rings (SSSR count). The van der Waals surface area contributed by atoms with Crippen LogP contribution < -0.4 is 4.74 Å². The van der Waals surface area contributed by atoms with Crippen molar-refractivity contribution in [3.63, 3.8) is 0 Å². The van der Waals surface area contributed by atoms with E-state index in [-0.39, 0.29) is 23.8 Å². The maximum Gasteiger partial charge on any atom is 0.272 e. The molecule has 5 heterocycles. The Balaban J connectivity index is 1.54. The van der Waals surface area contributed by atoms with Crippen LogP contribution in [0.4, 0.5) is 0 Å². The molecule has 2 atom stereocenters. The average Bonchev–Trinajstić information content (AvgIpc) is 3.05. The molecule has 7 nitrogen and oxygen atoms in total. The highest BCUT2D eigenvalue weighted by Crippen LogP contribution is 2.30. The van der Waals surface area contributed by atoms with Gasteiger partial charge in [0.1, 0.15) is 5.69 Å². The number of methoxy groups -OCH3 is 1. The van der Waals surface area contributed by atoms with Crippen LogP contribution in [0.5, 0.6) is 5.88 Å². The summed E-state index contributed by atoms with van der Waals surface area (Å²) in [4.78, 5) is 37.9. The minimum Gasteiger partial charge on any atom is -0.481 e. The number of rotatable bonds is 3. The molecule has 0 radical (unpaired) electrons. The Kier molecular flexibility index (Phi) is 4.75. The van der Waals surface area contributed by atoms with Gasteiger partial charge in [-0.25, -0.2) is 4.98 Å². The normalized spacial score (nSPS) is 21.7. The lowest BCUT2D eigenvalue weighted by atomic mass is 9.94. The molecule has 0 saturated carbocycles. The van der Waals surface area contributed by atoms with Gasteiger partial charge in [0.05, 0.1) is 7.11 Å². The number of hydrogen-bond donors (Lipinski definition) is 0.